The number of phenols is 2. The van der Waals surface area contributed by atoms with Crippen LogP contribution in [-0.4, -0.2) is 15.2 Å². The number of aromatic hydroxyl groups is 2. The number of phenolic OH excluding ortho intramolecular Hbond substituents is 2. The molecule has 0 atom stereocenters. The van der Waals surface area contributed by atoms with Crippen molar-refractivity contribution in [2.45, 2.75) is 0 Å². The van der Waals surface area contributed by atoms with E-state index in [9.17, 15) is 10.2 Å². The first-order valence-corrected chi connectivity index (χ1v) is 8.35. The first kappa shape index (κ1) is 16.2. The molecule has 23 heavy (non-hydrogen) atoms. The number of rotatable bonds is 3. The van der Waals surface area contributed by atoms with Gasteiger partial charge in [0.1, 0.15) is 0 Å². The highest BCUT2D eigenvalue weighted by atomic mass is 35.5. The predicted molar refractivity (Wildman–Crippen MR) is 95.6 cm³/mol. The number of thiazole rings is 1. The lowest BCUT2D eigenvalue weighted by molar-refractivity contribution is 0.404. The van der Waals surface area contributed by atoms with Crippen molar-refractivity contribution in [2.24, 2.45) is 0 Å². The molecule has 4 nitrogen and oxygen atoms in total. The average molecular weight is 388 g/mol. The molecule has 3 aromatic rings. The van der Waals surface area contributed by atoms with Gasteiger partial charge in [-0.15, -0.1) is 11.3 Å². The fraction of sp³-hybridized carbons (Fsp3) is 0. The Hall–Kier alpha value is -1.66. The minimum atomic E-state index is -0.197. The third-order valence-electron chi connectivity index (χ3n) is 3.03. The van der Waals surface area contributed by atoms with Gasteiger partial charge in [0.15, 0.2) is 16.6 Å². The normalized spacial score (nSPS) is 10.7. The van der Waals surface area contributed by atoms with E-state index in [0.29, 0.717) is 37.1 Å². The van der Waals surface area contributed by atoms with Crippen LogP contribution >= 0.6 is 46.1 Å². The van der Waals surface area contributed by atoms with Gasteiger partial charge >= 0.3 is 0 Å². The van der Waals surface area contributed by atoms with E-state index >= 15 is 0 Å². The fourth-order valence-electron chi connectivity index (χ4n) is 1.88. The molecule has 1 aromatic heterocycles. The summed E-state index contributed by atoms with van der Waals surface area (Å²) >= 11 is 19.4. The van der Waals surface area contributed by atoms with Crippen molar-refractivity contribution in [2.75, 3.05) is 5.32 Å². The van der Waals surface area contributed by atoms with E-state index in [0.717, 1.165) is 0 Å². The molecule has 0 aliphatic heterocycles. The van der Waals surface area contributed by atoms with Gasteiger partial charge in [-0.1, -0.05) is 34.8 Å². The van der Waals surface area contributed by atoms with Crippen molar-refractivity contribution in [3.8, 4) is 22.8 Å². The molecule has 0 aliphatic carbocycles. The largest absolute Gasteiger partial charge is 0.504 e. The zero-order chi connectivity index (χ0) is 16.6. The molecule has 118 valence electrons. The molecule has 0 bridgehead atoms. The predicted octanol–water partition coefficient (Wildman–Crippen LogP) is 5.93. The Balaban J connectivity index is 1.88. The summed E-state index contributed by atoms with van der Waals surface area (Å²) < 4.78 is 0. The smallest absolute Gasteiger partial charge is 0.187 e. The lowest BCUT2D eigenvalue weighted by atomic mass is 10.1. The zero-order valence-corrected chi connectivity index (χ0v) is 14.4. The third kappa shape index (κ3) is 3.48. The molecule has 0 radical (unpaired) electrons. The van der Waals surface area contributed by atoms with E-state index in [2.05, 4.69) is 10.3 Å². The second-order valence-electron chi connectivity index (χ2n) is 4.61. The van der Waals surface area contributed by atoms with Crippen molar-refractivity contribution < 1.29 is 10.2 Å². The molecule has 1 heterocycles. The van der Waals surface area contributed by atoms with Crippen LogP contribution in [0.15, 0.2) is 35.7 Å². The number of halogens is 3. The van der Waals surface area contributed by atoms with Crippen LogP contribution < -0.4 is 5.32 Å². The number of aromatic nitrogens is 1. The monoisotopic (exact) mass is 386 g/mol. The number of anilines is 2. The molecule has 0 aliphatic rings. The maximum Gasteiger partial charge on any atom is 0.187 e. The van der Waals surface area contributed by atoms with Gasteiger partial charge in [0.25, 0.3) is 0 Å². The Morgan fingerprint density at radius 3 is 2.39 bits per heavy atom. The van der Waals surface area contributed by atoms with E-state index in [-0.39, 0.29) is 11.5 Å². The number of hydrogen-bond donors (Lipinski definition) is 3. The van der Waals surface area contributed by atoms with Crippen LogP contribution in [0.5, 0.6) is 11.5 Å². The Bertz CT molecular complexity index is 883. The molecule has 0 unspecified atom stereocenters. The van der Waals surface area contributed by atoms with Crippen LogP contribution in [0, 0.1) is 0 Å². The highest BCUT2D eigenvalue weighted by molar-refractivity contribution is 7.14. The van der Waals surface area contributed by atoms with Gasteiger partial charge in [0.2, 0.25) is 0 Å². The molecule has 0 saturated heterocycles. The van der Waals surface area contributed by atoms with Crippen LogP contribution in [0.1, 0.15) is 0 Å². The van der Waals surface area contributed by atoms with E-state index in [1.54, 1.807) is 18.2 Å². The molecule has 2 aromatic carbocycles. The first-order valence-electron chi connectivity index (χ1n) is 6.33. The second kappa shape index (κ2) is 6.45. The maximum absolute atomic E-state index is 9.56. The molecule has 3 N–H and O–H groups in total. The van der Waals surface area contributed by atoms with Gasteiger partial charge in [-0.05, 0) is 30.3 Å². The third-order valence-corrected chi connectivity index (χ3v) is 4.82. The van der Waals surface area contributed by atoms with E-state index in [1.807, 2.05) is 5.38 Å². The van der Waals surface area contributed by atoms with Gasteiger partial charge in [-0.3, -0.25) is 0 Å². The summed E-state index contributed by atoms with van der Waals surface area (Å²) in [7, 11) is 0. The Kier molecular flexibility index (Phi) is 4.55. The molecular weight excluding hydrogens is 379 g/mol. The van der Waals surface area contributed by atoms with Crippen LogP contribution in [0.25, 0.3) is 11.3 Å². The van der Waals surface area contributed by atoms with Gasteiger partial charge in [-0.2, -0.15) is 0 Å². The number of nitrogens with one attached hydrogen (secondary N) is 1. The lowest BCUT2D eigenvalue weighted by Crippen LogP contribution is -1.91. The van der Waals surface area contributed by atoms with Crippen LogP contribution in [0.2, 0.25) is 15.1 Å². The fourth-order valence-corrected chi connectivity index (χ4v) is 3.21. The molecule has 3 rings (SSSR count). The minimum absolute atomic E-state index is 0.176. The van der Waals surface area contributed by atoms with Crippen molar-refractivity contribution >= 4 is 57.0 Å². The van der Waals surface area contributed by atoms with Crippen molar-refractivity contribution in [1.29, 1.82) is 0 Å². The molecule has 0 fully saturated rings. The Morgan fingerprint density at radius 2 is 1.65 bits per heavy atom. The second-order valence-corrected chi connectivity index (χ2v) is 6.69. The van der Waals surface area contributed by atoms with Gasteiger partial charge in [0, 0.05) is 10.9 Å². The Morgan fingerprint density at radius 1 is 0.913 bits per heavy atom. The number of hydrogen-bond acceptors (Lipinski definition) is 5. The molecule has 8 heteroatoms. The summed E-state index contributed by atoms with van der Waals surface area (Å²) in [4.78, 5) is 4.42. The summed E-state index contributed by atoms with van der Waals surface area (Å²) in [5, 5.41) is 25.6. The summed E-state index contributed by atoms with van der Waals surface area (Å²) in [5.41, 5.74) is 1.93. The van der Waals surface area contributed by atoms with E-state index in [1.165, 1.54) is 23.5 Å². The molecule has 0 spiro atoms. The topological polar surface area (TPSA) is 65.4 Å². The Labute approximate surface area is 150 Å². The number of benzene rings is 2. The molecule has 0 amide bonds. The quantitative estimate of drug-likeness (QED) is 0.385. The van der Waals surface area contributed by atoms with Gasteiger partial charge < -0.3 is 15.5 Å². The minimum Gasteiger partial charge on any atom is -0.504 e. The summed E-state index contributed by atoms with van der Waals surface area (Å²) in [6, 6.07) is 7.70. The van der Waals surface area contributed by atoms with Crippen molar-refractivity contribution in [3.63, 3.8) is 0 Å². The lowest BCUT2D eigenvalue weighted by Gasteiger charge is -2.07. The summed E-state index contributed by atoms with van der Waals surface area (Å²) in [5.74, 6) is -0.373. The van der Waals surface area contributed by atoms with E-state index < -0.39 is 0 Å². The van der Waals surface area contributed by atoms with Crippen molar-refractivity contribution in [3.05, 3.63) is 50.8 Å². The highest BCUT2D eigenvalue weighted by Gasteiger charge is 2.10. The van der Waals surface area contributed by atoms with Crippen LogP contribution in [0.3, 0.4) is 0 Å². The van der Waals surface area contributed by atoms with Crippen LogP contribution in [0.4, 0.5) is 10.8 Å². The highest BCUT2D eigenvalue weighted by Crippen LogP contribution is 2.36. The first-order chi connectivity index (χ1) is 10.9. The standard InChI is InChI=1S/C15H9Cl3N2O2S/c16-8-4-10(18)11(5-9(8)17)19-15-20-12(6-23-15)7-1-2-13(21)14(22)3-7/h1-6,21-22H,(H,19,20). The van der Waals surface area contributed by atoms with Crippen LogP contribution in [-0.2, 0) is 0 Å². The van der Waals surface area contributed by atoms with Crippen molar-refractivity contribution in [1.82, 2.24) is 4.98 Å². The zero-order valence-electron chi connectivity index (χ0n) is 11.3. The maximum atomic E-state index is 9.56. The molecular formula is C15H9Cl3N2O2S. The number of nitrogens with zero attached hydrogens (tertiary/aromatic N) is 1. The molecule has 0 saturated carbocycles. The summed E-state index contributed by atoms with van der Waals surface area (Å²) in [6.45, 7) is 0. The van der Waals surface area contributed by atoms with Gasteiger partial charge in [0.05, 0.1) is 26.4 Å². The van der Waals surface area contributed by atoms with Gasteiger partial charge in [-0.25, -0.2) is 4.98 Å². The SMILES string of the molecule is Oc1ccc(-c2csc(Nc3cc(Cl)c(Cl)cc3Cl)n2)cc1O. The average Bonchev–Trinajstić information content (AvgIpc) is 2.96. The summed E-state index contributed by atoms with van der Waals surface area (Å²) in [6.07, 6.45) is 0. The van der Waals surface area contributed by atoms with E-state index in [4.69, 9.17) is 34.8 Å².